The largest absolute Gasteiger partial charge is 0.477 e. The molecule has 0 saturated carbocycles. The van der Waals surface area contributed by atoms with Gasteiger partial charge in [-0.2, -0.15) is 0 Å². The van der Waals surface area contributed by atoms with Gasteiger partial charge in [-0.05, 0) is 41.8 Å². The van der Waals surface area contributed by atoms with E-state index in [1.807, 2.05) is 24.3 Å². The van der Waals surface area contributed by atoms with Gasteiger partial charge < -0.3 is 10.1 Å². The fraction of sp³-hybridized carbons (Fsp3) is 0. The molecule has 2 N–H and O–H groups in total. The standard InChI is InChI=1S/C13H8ClNO2S/c14-8-1-4-11-7(5-8)6-12(18-11)9-2-3-10(15-9)13(16)17/h1-6,15H,(H,16,17). The van der Waals surface area contributed by atoms with Gasteiger partial charge in [0.05, 0.1) is 10.6 Å². The monoisotopic (exact) mass is 277 g/mol. The van der Waals surface area contributed by atoms with Crippen LogP contribution in [-0.4, -0.2) is 16.1 Å². The molecule has 0 aliphatic rings. The maximum absolute atomic E-state index is 10.8. The molecule has 90 valence electrons. The second kappa shape index (κ2) is 4.15. The molecule has 1 aromatic carbocycles. The summed E-state index contributed by atoms with van der Waals surface area (Å²) in [6.07, 6.45) is 0. The number of thiophene rings is 1. The van der Waals surface area contributed by atoms with Gasteiger partial charge in [0.1, 0.15) is 5.69 Å². The Balaban J connectivity index is 2.10. The first-order chi connectivity index (χ1) is 8.63. The number of fused-ring (bicyclic) bond motifs is 1. The molecule has 0 aliphatic heterocycles. The molecule has 0 unspecified atom stereocenters. The molecular weight excluding hydrogens is 270 g/mol. The second-order valence-electron chi connectivity index (χ2n) is 3.88. The summed E-state index contributed by atoms with van der Waals surface area (Å²) in [5.41, 5.74) is 1.00. The number of hydrogen-bond donors (Lipinski definition) is 2. The van der Waals surface area contributed by atoms with Crippen LogP contribution in [0.2, 0.25) is 5.02 Å². The fourth-order valence-electron chi connectivity index (χ4n) is 1.81. The molecule has 3 nitrogen and oxygen atoms in total. The van der Waals surface area contributed by atoms with Crippen molar-refractivity contribution in [2.75, 3.05) is 0 Å². The molecule has 0 fully saturated rings. The van der Waals surface area contributed by atoms with Gasteiger partial charge in [-0.25, -0.2) is 4.79 Å². The predicted molar refractivity (Wildman–Crippen MR) is 73.6 cm³/mol. The number of carboxylic acid groups (broad SMARTS) is 1. The van der Waals surface area contributed by atoms with E-state index in [0.717, 1.165) is 20.7 Å². The molecule has 0 saturated heterocycles. The number of aromatic amines is 1. The van der Waals surface area contributed by atoms with Crippen LogP contribution in [0.25, 0.3) is 20.7 Å². The first-order valence-corrected chi connectivity index (χ1v) is 6.45. The molecule has 2 aromatic heterocycles. The normalized spacial score (nSPS) is 10.9. The van der Waals surface area contributed by atoms with Gasteiger partial charge in [-0.1, -0.05) is 11.6 Å². The van der Waals surface area contributed by atoms with Crippen LogP contribution in [0, 0.1) is 0 Å². The summed E-state index contributed by atoms with van der Waals surface area (Å²) in [6, 6.07) is 11.1. The lowest BCUT2D eigenvalue weighted by Crippen LogP contribution is -1.95. The molecule has 0 bridgehead atoms. The third-order valence-electron chi connectivity index (χ3n) is 2.66. The minimum atomic E-state index is -0.953. The maximum Gasteiger partial charge on any atom is 0.352 e. The Morgan fingerprint density at radius 2 is 2.06 bits per heavy atom. The van der Waals surface area contributed by atoms with E-state index >= 15 is 0 Å². The minimum Gasteiger partial charge on any atom is -0.477 e. The fourth-order valence-corrected chi connectivity index (χ4v) is 3.01. The summed E-state index contributed by atoms with van der Waals surface area (Å²) in [5, 5.41) is 10.6. The van der Waals surface area contributed by atoms with Crippen LogP contribution in [0.4, 0.5) is 0 Å². The van der Waals surface area contributed by atoms with Crippen LogP contribution in [0.1, 0.15) is 10.5 Å². The van der Waals surface area contributed by atoms with Crippen LogP contribution >= 0.6 is 22.9 Å². The van der Waals surface area contributed by atoms with Crippen LogP contribution < -0.4 is 0 Å². The van der Waals surface area contributed by atoms with Gasteiger partial charge in [-0.3, -0.25) is 0 Å². The summed E-state index contributed by atoms with van der Waals surface area (Å²) in [7, 11) is 0. The highest BCUT2D eigenvalue weighted by atomic mass is 35.5. The number of carboxylic acids is 1. The Morgan fingerprint density at radius 1 is 1.22 bits per heavy atom. The van der Waals surface area contributed by atoms with Gasteiger partial charge in [0.15, 0.2) is 0 Å². The van der Waals surface area contributed by atoms with Crippen molar-refractivity contribution in [2.24, 2.45) is 0 Å². The molecule has 0 radical (unpaired) electrons. The highest BCUT2D eigenvalue weighted by molar-refractivity contribution is 7.22. The number of aromatic carboxylic acids is 1. The quantitative estimate of drug-likeness (QED) is 0.736. The summed E-state index contributed by atoms with van der Waals surface area (Å²) in [6.45, 7) is 0. The number of carbonyl (C=O) groups is 1. The Bertz CT molecular complexity index is 744. The van der Waals surface area contributed by atoms with Crippen molar-refractivity contribution in [3.63, 3.8) is 0 Å². The number of H-pyrrole nitrogens is 1. The van der Waals surface area contributed by atoms with Crippen LogP contribution in [0.3, 0.4) is 0 Å². The molecule has 18 heavy (non-hydrogen) atoms. The van der Waals surface area contributed by atoms with E-state index in [4.69, 9.17) is 16.7 Å². The molecule has 0 amide bonds. The third kappa shape index (κ3) is 1.89. The maximum atomic E-state index is 10.8. The zero-order valence-corrected chi connectivity index (χ0v) is 10.7. The SMILES string of the molecule is O=C(O)c1ccc(-c2cc3cc(Cl)ccc3s2)[nH]1. The predicted octanol–water partition coefficient (Wildman–Crippen LogP) is 4.25. The summed E-state index contributed by atoms with van der Waals surface area (Å²) in [5.74, 6) is -0.953. The molecule has 0 aliphatic carbocycles. The third-order valence-corrected chi connectivity index (χ3v) is 4.04. The number of benzene rings is 1. The first kappa shape index (κ1) is 11.3. The van der Waals surface area contributed by atoms with Crippen molar-refractivity contribution in [2.45, 2.75) is 0 Å². The van der Waals surface area contributed by atoms with E-state index < -0.39 is 5.97 Å². The number of nitrogens with one attached hydrogen (secondary N) is 1. The second-order valence-corrected chi connectivity index (χ2v) is 5.40. The highest BCUT2D eigenvalue weighted by Crippen LogP contribution is 2.34. The van der Waals surface area contributed by atoms with Gasteiger partial charge >= 0.3 is 5.97 Å². The lowest BCUT2D eigenvalue weighted by molar-refractivity contribution is 0.0691. The van der Waals surface area contributed by atoms with Crippen LogP contribution in [0.5, 0.6) is 0 Å². The van der Waals surface area contributed by atoms with Crippen molar-refractivity contribution in [3.05, 3.63) is 47.1 Å². The molecule has 5 heteroatoms. The Kier molecular flexibility index (Phi) is 2.61. The van der Waals surface area contributed by atoms with E-state index in [2.05, 4.69) is 4.98 Å². The highest BCUT2D eigenvalue weighted by Gasteiger charge is 2.09. The first-order valence-electron chi connectivity index (χ1n) is 5.25. The van der Waals surface area contributed by atoms with E-state index in [1.54, 1.807) is 23.5 Å². The minimum absolute atomic E-state index is 0.195. The molecule has 3 rings (SSSR count). The summed E-state index contributed by atoms with van der Waals surface area (Å²) < 4.78 is 1.13. The molecule has 2 heterocycles. The average Bonchev–Trinajstić information content (AvgIpc) is 2.93. The zero-order valence-electron chi connectivity index (χ0n) is 9.11. The topological polar surface area (TPSA) is 53.1 Å². The smallest absolute Gasteiger partial charge is 0.352 e. The van der Waals surface area contributed by atoms with E-state index in [0.29, 0.717) is 5.02 Å². The lowest BCUT2D eigenvalue weighted by Gasteiger charge is -1.90. The Hall–Kier alpha value is -1.78. The van der Waals surface area contributed by atoms with E-state index in [9.17, 15) is 4.79 Å². The Morgan fingerprint density at radius 3 is 2.78 bits per heavy atom. The molecule has 3 aromatic rings. The lowest BCUT2D eigenvalue weighted by atomic mass is 10.2. The van der Waals surface area contributed by atoms with Crippen LogP contribution in [-0.2, 0) is 0 Å². The van der Waals surface area contributed by atoms with Crippen molar-refractivity contribution >= 4 is 39.0 Å². The van der Waals surface area contributed by atoms with Crippen molar-refractivity contribution < 1.29 is 9.90 Å². The number of halogens is 1. The molecule has 0 spiro atoms. The van der Waals surface area contributed by atoms with Crippen molar-refractivity contribution in [1.82, 2.24) is 4.98 Å². The van der Waals surface area contributed by atoms with Crippen LogP contribution in [0.15, 0.2) is 36.4 Å². The Labute approximate surface area is 112 Å². The van der Waals surface area contributed by atoms with Gasteiger partial charge in [0.25, 0.3) is 0 Å². The van der Waals surface area contributed by atoms with Crippen molar-refractivity contribution in [1.29, 1.82) is 0 Å². The summed E-state index contributed by atoms with van der Waals surface area (Å²) in [4.78, 5) is 14.7. The van der Waals surface area contributed by atoms with Gasteiger partial charge in [0.2, 0.25) is 0 Å². The van der Waals surface area contributed by atoms with Gasteiger partial charge in [0, 0.05) is 9.72 Å². The zero-order chi connectivity index (χ0) is 12.7. The number of hydrogen-bond acceptors (Lipinski definition) is 2. The molecular formula is C13H8ClNO2S. The van der Waals surface area contributed by atoms with E-state index in [-0.39, 0.29) is 5.69 Å². The number of aromatic nitrogens is 1. The van der Waals surface area contributed by atoms with Gasteiger partial charge in [-0.15, -0.1) is 11.3 Å². The average molecular weight is 278 g/mol. The number of rotatable bonds is 2. The van der Waals surface area contributed by atoms with E-state index in [1.165, 1.54) is 0 Å². The van der Waals surface area contributed by atoms with Crippen molar-refractivity contribution in [3.8, 4) is 10.6 Å². The molecule has 0 atom stereocenters. The summed E-state index contributed by atoms with van der Waals surface area (Å²) >= 11 is 7.54.